The van der Waals surface area contributed by atoms with Crippen molar-refractivity contribution < 1.29 is 4.79 Å². The summed E-state index contributed by atoms with van der Waals surface area (Å²) in [5, 5.41) is 7.93. The molecule has 1 atom stereocenters. The fourth-order valence-electron chi connectivity index (χ4n) is 2.16. The molecule has 1 aromatic carbocycles. The molecule has 2 aromatic rings. The van der Waals surface area contributed by atoms with Crippen LogP contribution in [0.4, 0.5) is 0 Å². The molecule has 1 aliphatic rings. The summed E-state index contributed by atoms with van der Waals surface area (Å²) in [6.45, 7) is 0.780. The van der Waals surface area contributed by atoms with E-state index < -0.39 is 0 Å². The number of aromatic nitrogens is 3. The van der Waals surface area contributed by atoms with Gasteiger partial charge in [0.15, 0.2) is 0 Å². The first kappa shape index (κ1) is 13.2. The van der Waals surface area contributed by atoms with Crippen LogP contribution in [-0.2, 0) is 4.79 Å². The van der Waals surface area contributed by atoms with E-state index in [9.17, 15) is 4.79 Å². The van der Waals surface area contributed by atoms with Gasteiger partial charge in [-0.05, 0) is 25.0 Å². The molecule has 1 amide bonds. The van der Waals surface area contributed by atoms with Gasteiger partial charge in [0.25, 0.3) is 0 Å². The molecule has 104 valence electrons. The van der Waals surface area contributed by atoms with Gasteiger partial charge in [-0.25, -0.2) is 9.67 Å². The van der Waals surface area contributed by atoms with Gasteiger partial charge in [-0.15, -0.1) is 5.10 Å². The van der Waals surface area contributed by atoms with Crippen molar-refractivity contribution in [2.24, 2.45) is 0 Å². The molecule has 20 heavy (non-hydrogen) atoms. The molecular weight excluding hydrogens is 272 g/mol. The lowest BCUT2D eigenvalue weighted by Gasteiger charge is -2.09. The number of rotatable bonds is 3. The zero-order valence-electron chi connectivity index (χ0n) is 11.0. The number of thioether (sulfide) groups is 1. The summed E-state index contributed by atoms with van der Waals surface area (Å²) in [6, 6.07) is 9.83. The highest BCUT2D eigenvalue weighted by Crippen LogP contribution is 2.25. The van der Waals surface area contributed by atoms with Gasteiger partial charge in [0.1, 0.15) is 6.33 Å². The zero-order valence-corrected chi connectivity index (χ0v) is 11.8. The van der Waals surface area contributed by atoms with Crippen LogP contribution < -0.4 is 5.32 Å². The van der Waals surface area contributed by atoms with E-state index in [1.165, 1.54) is 11.8 Å². The van der Waals surface area contributed by atoms with Crippen molar-refractivity contribution in [3.63, 3.8) is 0 Å². The van der Waals surface area contributed by atoms with Crippen LogP contribution in [0.1, 0.15) is 19.3 Å². The van der Waals surface area contributed by atoms with Crippen molar-refractivity contribution in [1.82, 2.24) is 20.1 Å². The van der Waals surface area contributed by atoms with Crippen LogP contribution in [0.25, 0.3) is 5.69 Å². The Kier molecular flexibility index (Phi) is 4.01. The van der Waals surface area contributed by atoms with Gasteiger partial charge in [-0.2, -0.15) is 0 Å². The zero-order chi connectivity index (χ0) is 13.8. The van der Waals surface area contributed by atoms with Crippen molar-refractivity contribution in [3.05, 3.63) is 36.7 Å². The molecule has 0 saturated carbocycles. The molecule has 1 aromatic heterocycles. The number of carbonyl (C=O) groups is 1. The Balaban J connectivity index is 1.72. The third-order valence-electron chi connectivity index (χ3n) is 3.22. The fraction of sp³-hybridized carbons (Fsp3) is 0.357. The van der Waals surface area contributed by atoms with Gasteiger partial charge in [0, 0.05) is 6.54 Å². The SMILES string of the molecule is O=C1NCCCCC1Sc1ncn(-c2ccccc2)n1. The van der Waals surface area contributed by atoms with E-state index >= 15 is 0 Å². The smallest absolute Gasteiger partial charge is 0.233 e. The minimum atomic E-state index is -0.0795. The number of para-hydroxylation sites is 1. The molecule has 0 spiro atoms. The number of hydrogen-bond donors (Lipinski definition) is 1. The fourth-order valence-corrected chi connectivity index (χ4v) is 3.13. The molecule has 1 fully saturated rings. The van der Waals surface area contributed by atoms with E-state index in [0.717, 1.165) is 31.5 Å². The second-order valence-corrected chi connectivity index (χ2v) is 5.87. The molecule has 0 radical (unpaired) electrons. The van der Waals surface area contributed by atoms with E-state index in [1.54, 1.807) is 11.0 Å². The van der Waals surface area contributed by atoms with E-state index in [4.69, 9.17) is 0 Å². The highest BCUT2D eigenvalue weighted by Gasteiger charge is 2.23. The summed E-state index contributed by atoms with van der Waals surface area (Å²) >= 11 is 1.45. The van der Waals surface area contributed by atoms with E-state index in [0.29, 0.717) is 5.16 Å². The van der Waals surface area contributed by atoms with E-state index in [2.05, 4.69) is 15.4 Å². The van der Waals surface area contributed by atoms with Crippen molar-refractivity contribution in [2.45, 2.75) is 29.7 Å². The van der Waals surface area contributed by atoms with Crippen LogP contribution in [-0.4, -0.2) is 32.5 Å². The van der Waals surface area contributed by atoms with Gasteiger partial charge < -0.3 is 5.32 Å². The predicted octanol–water partition coefficient (Wildman–Crippen LogP) is 2.03. The van der Waals surface area contributed by atoms with Crippen molar-refractivity contribution in [3.8, 4) is 5.69 Å². The summed E-state index contributed by atoms with van der Waals surface area (Å²) in [5.41, 5.74) is 0.970. The number of benzene rings is 1. The quantitative estimate of drug-likeness (QED) is 0.939. The monoisotopic (exact) mass is 288 g/mol. The lowest BCUT2D eigenvalue weighted by molar-refractivity contribution is -0.120. The number of nitrogens with zero attached hydrogens (tertiary/aromatic N) is 3. The van der Waals surface area contributed by atoms with Gasteiger partial charge in [-0.1, -0.05) is 36.4 Å². The lowest BCUT2D eigenvalue weighted by atomic mass is 10.2. The number of nitrogens with one attached hydrogen (secondary N) is 1. The Hall–Kier alpha value is -1.82. The van der Waals surface area contributed by atoms with Crippen LogP contribution in [0.5, 0.6) is 0 Å². The number of hydrogen-bond acceptors (Lipinski definition) is 4. The average molecular weight is 288 g/mol. The maximum Gasteiger partial charge on any atom is 0.233 e. The summed E-state index contributed by atoms with van der Waals surface area (Å²) in [5.74, 6) is 0.101. The van der Waals surface area contributed by atoms with Gasteiger partial charge in [-0.3, -0.25) is 4.79 Å². The second kappa shape index (κ2) is 6.09. The summed E-state index contributed by atoms with van der Waals surface area (Å²) in [7, 11) is 0. The van der Waals surface area contributed by atoms with Crippen LogP contribution in [0, 0.1) is 0 Å². The maximum absolute atomic E-state index is 11.9. The van der Waals surface area contributed by atoms with Crippen molar-refractivity contribution in [1.29, 1.82) is 0 Å². The third kappa shape index (κ3) is 3.01. The first-order valence-electron chi connectivity index (χ1n) is 6.74. The third-order valence-corrected chi connectivity index (χ3v) is 4.36. The Morgan fingerprint density at radius 3 is 2.95 bits per heavy atom. The molecule has 5 nitrogen and oxygen atoms in total. The molecule has 0 aliphatic carbocycles. The molecule has 1 aliphatic heterocycles. The Morgan fingerprint density at radius 2 is 2.10 bits per heavy atom. The summed E-state index contributed by atoms with van der Waals surface area (Å²) < 4.78 is 1.73. The van der Waals surface area contributed by atoms with Gasteiger partial charge >= 0.3 is 0 Å². The normalized spacial score (nSPS) is 19.4. The molecule has 2 heterocycles. The van der Waals surface area contributed by atoms with Crippen molar-refractivity contribution >= 4 is 17.7 Å². The van der Waals surface area contributed by atoms with Gasteiger partial charge in [0.2, 0.25) is 11.1 Å². The highest BCUT2D eigenvalue weighted by molar-refractivity contribution is 8.00. The van der Waals surface area contributed by atoms with E-state index in [-0.39, 0.29) is 11.2 Å². The molecule has 1 saturated heterocycles. The molecule has 1 N–H and O–H groups in total. The molecule has 1 unspecified atom stereocenters. The molecular formula is C14H16N4OS. The van der Waals surface area contributed by atoms with Crippen LogP contribution in [0.2, 0.25) is 0 Å². The minimum absolute atomic E-state index is 0.0795. The first-order chi connectivity index (χ1) is 9.83. The summed E-state index contributed by atoms with van der Waals surface area (Å²) in [6.07, 6.45) is 4.69. The lowest BCUT2D eigenvalue weighted by Crippen LogP contribution is -2.30. The summed E-state index contributed by atoms with van der Waals surface area (Å²) in [4.78, 5) is 16.2. The minimum Gasteiger partial charge on any atom is -0.355 e. The number of amides is 1. The second-order valence-electron chi connectivity index (χ2n) is 4.70. The maximum atomic E-state index is 11.9. The average Bonchev–Trinajstić information content (AvgIpc) is 2.86. The Labute approximate surface area is 121 Å². The largest absolute Gasteiger partial charge is 0.355 e. The standard InChI is InChI=1S/C14H16N4OS/c19-13-12(8-4-5-9-15-13)20-14-16-10-18(17-14)11-6-2-1-3-7-11/h1-3,6-7,10,12H,4-5,8-9H2,(H,15,19). The predicted molar refractivity (Wildman–Crippen MR) is 77.9 cm³/mol. The topological polar surface area (TPSA) is 59.8 Å². The van der Waals surface area contributed by atoms with Gasteiger partial charge in [0.05, 0.1) is 10.9 Å². The number of carbonyl (C=O) groups excluding carboxylic acids is 1. The van der Waals surface area contributed by atoms with E-state index in [1.807, 2.05) is 30.3 Å². The Morgan fingerprint density at radius 1 is 1.25 bits per heavy atom. The first-order valence-corrected chi connectivity index (χ1v) is 7.62. The molecule has 0 bridgehead atoms. The van der Waals surface area contributed by atoms with Crippen LogP contribution in [0.3, 0.4) is 0 Å². The van der Waals surface area contributed by atoms with Crippen molar-refractivity contribution in [2.75, 3.05) is 6.54 Å². The van der Waals surface area contributed by atoms with Crippen LogP contribution in [0.15, 0.2) is 41.8 Å². The Bertz CT molecular complexity index is 584. The highest BCUT2D eigenvalue weighted by atomic mass is 32.2. The molecule has 6 heteroatoms. The molecule has 3 rings (SSSR count). The van der Waals surface area contributed by atoms with Crippen LogP contribution >= 0.6 is 11.8 Å².